The number of hydrogen-bond acceptors (Lipinski definition) is 5. The normalized spacial score (nSPS) is 15.8. The highest BCUT2D eigenvalue weighted by atomic mass is 16.1. The summed E-state index contributed by atoms with van der Waals surface area (Å²) in [6.45, 7) is 0.508. The Labute approximate surface area is 116 Å². The van der Waals surface area contributed by atoms with Crippen molar-refractivity contribution < 1.29 is 4.79 Å². The van der Waals surface area contributed by atoms with Crippen LogP contribution in [0.2, 0.25) is 0 Å². The van der Waals surface area contributed by atoms with Gasteiger partial charge in [-0.3, -0.25) is 4.79 Å². The number of nitrogens with two attached hydrogens (primary N) is 1. The van der Waals surface area contributed by atoms with Gasteiger partial charge in [0.25, 0.3) is 5.91 Å². The summed E-state index contributed by atoms with van der Waals surface area (Å²) in [6.07, 6.45) is 6.85. The Kier molecular flexibility index (Phi) is 3.42. The molecule has 0 spiro atoms. The second-order valence-corrected chi connectivity index (χ2v) is 4.96. The number of carbonyl (C=O) groups is 1. The van der Waals surface area contributed by atoms with Crippen LogP contribution in [0.3, 0.4) is 0 Å². The summed E-state index contributed by atoms with van der Waals surface area (Å²) in [6, 6.07) is 3.49. The lowest BCUT2D eigenvalue weighted by molar-refractivity contribution is 0.0950. The maximum absolute atomic E-state index is 11.9. The first-order chi connectivity index (χ1) is 9.74. The Bertz CT molecular complexity index is 575. The van der Waals surface area contributed by atoms with Gasteiger partial charge in [-0.15, -0.1) is 0 Å². The number of nitrogens with zero attached hydrogens (tertiary/aromatic N) is 4. The van der Waals surface area contributed by atoms with E-state index in [1.807, 2.05) is 0 Å². The van der Waals surface area contributed by atoms with Crippen molar-refractivity contribution in [1.82, 2.24) is 25.1 Å². The van der Waals surface area contributed by atoms with E-state index >= 15 is 0 Å². The lowest BCUT2D eigenvalue weighted by Crippen LogP contribution is -2.38. The molecule has 2 heterocycles. The third-order valence-corrected chi connectivity index (χ3v) is 3.39. The molecule has 3 rings (SSSR count). The van der Waals surface area contributed by atoms with Crippen LogP contribution in [0.15, 0.2) is 31.0 Å². The molecule has 0 radical (unpaired) electrons. The number of nitrogens with one attached hydrogen (secondary N) is 1. The summed E-state index contributed by atoms with van der Waals surface area (Å²) in [5, 5.41) is 6.81. The van der Waals surface area contributed by atoms with Crippen LogP contribution in [-0.2, 0) is 0 Å². The van der Waals surface area contributed by atoms with E-state index in [0.717, 1.165) is 0 Å². The summed E-state index contributed by atoms with van der Waals surface area (Å²) < 4.78 is 1.53. The van der Waals surface area contributed by atoms with Gasteiger partial charge in [-0.05, 0) is 30.9 Å². The SMILES string of the molecule is NC(CNC(=O)c1ccc(-n2cncn2)nc1)C1CC1. The number of pyridine rings is 1. The summed E-state index contributed by atoms with van der Waals surface area (Å²) >= 11 is 0. The molecule has 1 unspecified atom stereocenters. The number of carbonyl (C=O) groups excluding carboxylic acids is 1. The van der Waals surface area contributed by atoms with E-state index in [-0.39, 0.29) is 11.9 Å². The van der Waals surface area contributed by atoms with Crippen molar-refractivity contribution in [2.75, 3.05) is 6.54 Å². The Morgan fingerprint density at radius 3 is 2.95 bits per heavy atom. The predicted octanol–water partition coefficient (Wildman–Crippen LogP) is 0.129. The summed E-state index contributed by atoms with van der Waals surface area (Å²) in [5.74, 6) is 1.04. The van der Waals surface area contributed by atoms with Gasteiger partial charge < -0.3 is 11.1 Å². The highest BCUT2D eigenvalue weighted by Crippen LogP contribution is 2.31. The third kappa shape index (κ3) is 2.83. The Morgan fingerprint density at radius 2 is 2.35 bits per heavy atom. The molecular weight excluding hydrogens is 256 g/mol. The van der Waals surface area contributed by atoms with E-state index in [9.17, 15) is 4.79 Å². The van der Waals surface area contributed by atoms with Gasteiger partial charge in [-0.2, -0.15) is 5.10 Å². The maximum Gasteiger partial charge on any atom is 0.252 e. The molecule has 1 atom stereocenters. The fourth-order valence-electron chi connectivity index (χ4n) is 1.99. The molecule has 1 aliphatic rings. The van der Waals surface area contributed by atoms with Gasteiger partial charge in [0.1, 0.15) is 12.7 Å². The van der Waals surface area contributed by atoms with E-state index in [1.54, 1.807) is 18.5 Å². The molecule has 2 aromatic rings. The molecule has 1 aliphatic carbocycles. The van der Waals surface area contributed by atoms with Crippen LogP contribution in [0.1, 0.15) is 23.2 Å². The van der Waals surface area contributed by atoms with Crippen LogP contribution in [0.4, 0.5) is 0 Å². The highest BCUT2D eigenvalue weighted by Gasteiger charge is 2.28. The van der Waals surface area contributed by atoms with Crippen molar-refractivity contribution in [2.45, 2.75) is 18.9 Å². The highest BCUT2D eigenvalue weighted by molar-refractivity contribution is 5.93. The molecule has 0 saturated heterocycles. The van der Waals surface area contributed by atoms with E-state index in [4.69, 9.17) is 5.73 Å². The molecule has 0 aromatic carbocycles. The zero-order valence-electron chi connectivity index (χ0n) is 10.9. The molecular formula is C13H16N6O. The molecule has 1 saturated carbocycles. The smallest absolute Gasteiger partial charge is 0.252 e. The molecule has 20 heavy (non-hydrogen) atoms. The van der Waals surface area contributed by atoms with E-state index in [0.29, 0.717) is 23.8 Å². The van der Waals surface area contributed by atoms with E-state index < -0.39 is 0 Å². The number of amides is 1. The molecule has 2 aromatic heterocycles. The fraction of sp³-hybridized carbons (Fsp3) is 0.385. The monoisotopic (exact) mass is 272 g/mol. The van der Waals surface area contributed by atoms with Gasteiger partial charge in [0.2, 0.25) is 0 Å². The van der Waals surface area contributed by atoms with Crippen molar-refractivity contribution in [3.05, 3.63) is 36.5 Å². The topological polar surface area (TPSA) is 98.7 Å². The maximum atomic E-state index is 11.9. The first kappa shape index (κ1) is 12.7. The summed E-state index contributed by atoms with van der Waals surface area (Å²) in [5.41, 5.74) is 6.46. The van der Waals surface area contributed by atoms with Crippen LogP contribution in [0.5, 0.6) is 0 Å². The van der Waals surface area contributed by atoms with Crippen molar-refractivity contribution in [1.29, 1.82) is 0 Å². The van der Waals surface area contributed by atoms with Crippen LogP contribution in [-0.4, -0.2) is 38.2 Å². The quantitative estimate of drug-likeness (QED) is 0.806. The van der Waals surface area contributed by atoms with Gasteiger partial charge in [0, 0.05) is 18.8 Å². The molecule has 0 bridgehead atoms. The first-order valence-electron chi connectivity index (χ1n) is 6.59. The average molecular weight is 272 g/mol. The minimum atomic E-state index is -0.154. The van der Waals surface area contributed by atoms with Crippen molar-refractivity contribution in [2.24, 2.45) is 11.7 Å². The zero-order chi connectivity index (χ0) is 13.9. The van der Waals surface area contributed by atoms with Crippen LogP contribution in [0.25, 0.3) is 5.82 Å². The van der Waals surface area contributed by atoms with Gasteiger partial charge in [0.15, 0.2) is 5.82 Å². The lowest BCUT2D eigenvalue weighted by Gasteiger charge is -2.11. The van der Waals surface area contributed by atoms with Crippen molar-refractivity contribution >= 4 is 5.91 Å². The van der Waals surface area contributed by atoms with Gasteiger partial charge in [0.05, 0.1) is 5.56 Å². The second-order valence-electron chi connectivity index (χ2n) is 4.96. The molecule has 1 amide bonds. The van der Waals surface area contributed by atoms with Crippen LogP contribution in [0, 0.1) is 5.92 Å². The average Bonchev–Trinajstić information content (AvgIpc) is 3.19. The summed E-state index contributed by atoms with van der Waals surface area (Å²) in [7, 11) is 0. The minimum absolute atomic E-state index is 0.0568. The molecule has 7 nitrogen and oxygen atoms in total. The van der Waals surface area contributed by atoms with Crippen LogP contribution >= 0.6 is 0 Å². The standard InChI is InChI=1S/C13H16N6O/c14-11(9-1-2-9)6-17-13(20)10-3-4-12(16-5-10)19-8-15-7-18-19/h3-5,7-9,11H,1-2,6,14H2,(H,17,20). The largest absolute Gasteiger partial charge is 0.350 e. The summed E-state index contributed by atoms with van der Waals surface area (Å²) in [4.78, 5) is 20.0. The van der Waals surface area contributed by atoms with Crippen LogP contribution < -0.4 is 11.1 Å². The predicted molar refractivity (Wildman–Crippen MR) is 72.2 cm³/mol. The number of hydrogen-bond donors (Lipinski definition) is 2. The lowest BCUT2D eigenvalue weighted by atomic mass is 10.2. The fourth-order valence-corrected chi connectivity index (χ4v) is 1.99. The molecule has 1 fully saturated rings. The van der Waals surface area contributed by atoms with E-state index in [1.165, 1.54) is 30.0 Å². The Hall–Kier alpha value is -2.28. The third-order valence-electron chi connectivity index (χ3n) is 3.39. The molecule has 7 heteroatoms. The Morgan fingerprint density at radius 1 is 1.50 bits per heavy atom. The molecule has 104 valence electrons. The zero-order valence-corrected chi connectivity index (χ0v) is 10.9. The van der Waals surface area contributed by atoms with Crippen molar-refractivity contribution in [3.8, 4) is 5.82 Å². The van der Waals surface area contributed by atoms with Gasteiger partial charge in [-0.1, -0.05) is 0 Å². The molecule has 3 N–H and O–H groups in total. The first-order valence-corrected chi connectivity index (χ1v) is 6.59. The minimum Gasteiger partial charge on any atom is -0.350 e. The van der Waals surface area contributed by atoms with Gasteiger partial charge in [-0.25, -0.2) is 14.6 Å². The number of rotatable bonds is 5. The Balaban J connectivity index is 1.60. The van der Waals surface area contributed by atoms with E-state index in [2.05, 4.69) is 20.4 Å². The second kappa shape index (κ2) is 5.38. The van der Waals surface area contributed by atoms with Crippen molar-refractivity contribution in [3.63, 3.8) is 0 Å². The van der Waals surface area contributed by atoms with Gasteiger partial charge >= 0.3 is 0 Å². The number of aromatic nitrogens is 4. The molecule has 0 aliphatic heterocycles.